The minimum atomic E-state index is -0.236. The first kappa shape index (κ1) is 16.1. The van der Waals surface area contributed by atoms with Crippen LogP contribution in [0.4, 0.5) is 5.69 Å². The number of likely N-dealkylation sites (tertiary alicyclic amines) is 1. The number of amides is 3. The molecule has 6 heteroatoms. The number of carbonyl (C=O) groups excluding carboxylic acids is 3. The highest BCUT2D eigenvalue weighted by molar-refractivity contribution is 6.30. The zero-order chi connectivity index (χ0) is 18.2. The molecule has 6 rings (SSSR count). The van der Waals surface area contributed by atoms with E-state index in [4.69, 9.17) is 11.6 Å². The molecule has 3 amide bonds. The molecule has 1 saturated heterocycles. The lowest BCUT2D eigenvalue weighted by molar-refractivity contribution is -0.140. The standard InChI is InChI=1S/C20H19ClN2O3/c1-10(24)22(12-4-2-11(21)3-5-12)9-23-19(25)17-13-6-7-14(16-8-15(13)16)18(17)20(23)26/h2-7,13-18H,8-9H2,1H3/t13-,14+,15-,16-,17+,18-/m1/s1. The molecule has 2 saturated carbocycles. The molecule has 5 nitrogen and oxygen atoms in total. The van der Waals surface area contributed by atoms with E-state index in [1.165, 1.54) is 16.7 Å². The number of halogens is 1. The summed E-state index contributed by atoms with van der Waals surface area (Å²) >= 11 is 5.92. The van der Waals surface area contributed by atoms with Gasteiger partial charge in [-0.15, -0.1) is 0 Å². The summed E-state index contributed by atoms with van der Waals surface area (Å²) in [7, 11) is 0. The van der Waals surface area contributed by atoms with Gasteiger partial charge in [0, 0.05) is 17.6 Å². The van der Waals surface area contributed by atoms with Gasteiger partial charge in [-0.2, -0.15) is 0 Å². The Kier molecular flexibility index (Phi) is 3.35. The van der Waals surface area contributed by atoms with Crippen LogP contribution in [0.1, 0.15) is 13.3 Å². The third-order valence-corrected chi connectivity index (χ3v) is 6.81. The molecule has 134 valence electrons. The fraction of sp³-hybridized carbons (Fsp3) is 0.450. The van der Waals surface area contributed by atoms with Crippen molar-refractivity contribution in [3.05, 3.63) is 41.4 Å². The maximum atomic E-state index is 13.1. The van der Waals surface area contributed by atoms with Crippen molar-refractivity contribution >= 4 is 35.0 Å². The summed E-state index contributed by atoms with van der Waals surface area (Å²) < 4.78 is 0. The van der Waals surface area contributed by atoms with Crippen LogP contribution in [-0.4, -0.2) is 29.3 Å². The van der Waals surface area contributed by atoms with Crippen LogP contribution in [0.15, 0.2) is 36.4 Å². The van der Waals surface area contributed by atoms with E-state index < -0.39 is 0 Å². The Morgan fingerprint density at radius 2 is 1.62 bits per heavy atom. The van der Waals surface area contributed by atoms with Gasteiger partial charge >= 0.3 is 0 Å². The number of allylic oxidation sites excluding steroid dienone is 2. The van der Waals surface area contributed by atoms with Crippen LogP contribution < -0.4 is 4.90 Å². The zero-order valence-electron chi connectivity index (χ0n) is 14.3. The highest BCUT2D eigenvalue weighted by Gasteiger charge is 2.67. The fourth-order valence-electron chi connectivity index (χ4n) is 5.28. The normalized spacial score (nSPS) is 36.2. The molecule has 6 atom stereocenters. The van der Waals surface area contributed by atoms with E-state index in [9.17, 15) is 14.4 Å². The Balaban J connectivity index is 1.44. The maximum Gasteiger partial charge on any atom is 0.235 e. The molecule has 5 aliphatic rings. The first-order valence-corrected chi connectivity index (χ1v) is 9.42. The van der Waals surface area contributed by atoms with Gasteiger partial charge in [0.2, 0.25) is 17.7 Å². The third kappa shape index (κ3) is 2.13. The smallest absolute Gasteiger partial charge is 0.235 e. The number of benzene rings is 1. The summed E-state index contributed by atoms with van der Waals surface area (Å²) in [6.07, 6.45) is 5.44. The van der Waals surface area contributed by atoms with Crippen molar-refractivity contribution < 1.29 is 14.4 Å². The number of carbonyl (C=O) groups is 3. The first-order valence-electron chi connectivity index (χ1n) is 9.04. The number of hydrogen-bond acceptors (Lipinski definition) is 3. The van der Waals surface area contributed by atoms with Gasteiger partial charge in [0.15, 0.2) is 0 Å². The van der Waals surface area contributed by atoms with E-state index in [2.05, 4.69) is 12.2 Å². The highest BCUT2D eigenvalue weighted by atomic mass is 35.5. The van der Waals surface area contributed by atoms with E-state index in [1.54, 1.807) is 24.3 Å². The van der Waals surface area contributed by atoms with Crippen molar-refractivity contribution in [1.29, 1.82) is 0 Å². The predicted octanol–water partition coefficient (Wildman–Crippen LogP) is 2.70. The average Bonchev–Trinajstić information content (AvgIpc) is 3.40. The maximum absolute atomic E-state index is 13.1. The van der Waals surface area contributed by atoms with Gasteiger partial charge in [0.25, 0.3) is 0 Å². The van der Waals surface area contributed by atoms with Crippen LogP contribution in [0.25, 0.3) is 0 Å². The predicted molar refractivity (Wildman–Crippen MR) is 96.0 cm³/mol. The first-order chi connectivity index (χ1) is 12.5. The Labute approximate surface area is 156 Å². The molecule has 0 radical (unpaired) electrons. The molecule has 3 fully saturated rings. The Morgan fingerprint density at radius 1 is 1.08 bits per heavy atom. The van der Waals surface area contributed by atoms with Gasteiger partial charge in [0.05, 0.1) is 11.8 Å². The summed E-state index contributed by atoms with van der Waals surface area (Å²) in [6.45, 7) is 1.41. The molecular weight excluding hydrogens is 352 g/mol. The van der Waals surface area contributed by atoms with Crippen LogP contribution in [-0.2, 0) is 14.4 Å². The van der Waals surface area contributed by atoms with Crippen molar-refractivity contribution in [2.24, 2.45) is 35.5 Å². The minimum Gasteiger partial charge on any atom is -0.294 e. The van der Waals surface area contributed by atoms with Crippen molar-refractivity contribution in [3.63, 3.8) is 0 Å². The van der Waals surface area contributed by atoms with Crippen LogP contribution >= 0.6 is 11.6 Å². The summed E-state index contributed by atoms with van der Waals surface area (Å²) in [5.41, 5.74) is 0.626. The molecule has 1 aliphatic heterocycles. The summed E-state index contributed by atoms with van der Waals surface area (Å²) in [6, 6.07) is 6.83. The molecule has 26 heavy (non-hydrogen) atoms. The van der Waals surface area contributed by atoms with Gasteiger partial charge in [-0.05, 0) is 54.4 Å². The second-order valence-corrected chi connectivity index (χ2v) is 8.26. The van der Waals surface area contributed by atoms with Gasteiger partial charge in [-0.1, -0.05) is 23.8 Å². The molecule has 0 spiro atoms. The summed E-state index contributed by atoms with van der Waals surface area (Å²) in [5.74, 6) is 0.601. The molecule has 2 bridgehead atoms. The molecule has 0 aromatic heterocycles. The lowest BCUT2D eigenvalue weighted by atomic mass is 9.63. The lowest BCUT2D eigenvalue weighted by Crippen LogP contribution is -2.44. The van der Waals surface area contributed by atoms with Crippen LogP contribution in [0.2, 0.25) is 5.02 Å². The number of hydrogen-bond donors (Lipinski definition) is 0. The van der Waals surface area contributed by atoms with Crippen molar-refractivity contribution in [2.45, 2.75) is 13.3 Å². The molecule has 1 aromatic rings. The number of rotatable bonds is 3. The van der Waals surface area contributed by atoms with Crippen LogP contribution in [0, 0.1) is 35.5 Å². The largest absolute Gasteiger partial charge is 0.294 e. The summed E-state index contributed by atoms with van der Waals surface area (Å²) in [4.78, 5) is 41.0. The second kappa shape index (κ2) is 5.43. The lowest BCUT2D eigenvalue weighted by Gasteiger charge is -2.37. The van der Waals surface area contributed by atoms with Crippen molar-refractivity contribution in [2.75, 3.05) is 11.6 Å². The molecule has 0 N–H and O–H groups in total. The van der Waals surface area contributed by atoms with Crippen molar-refractivity contribution in [1.82, 2.24) is 4.90 Å². The van der Waals surface area contributed by atoms with Gasteiger partial charge in [-0.3, -0.25) is 24.2 Å². The zero-order valence-corrected chi connectivity index (χ0v) is 15.1. The SMILES string of the molecule is CC(=O)N(CN1C(=O)[C@@H]2[C@H]3C=C[C@H]([C@H]4C[C@H]34)[C@@H]2C1=O)c1ccc(Cl)cc1. The third-order valence-electron chi connectivity index (χ3n) is 6.56. The van der Waals surface area contributed by atoms with Gasteiger partial charge in [-0.25, -0.2) is 0 Å². The topological polar surface area (TPSA) is 57.7 Å². The monoisotopic (exact) mass is 370 g/mol. The van der Waals surface area contributed by atoms with Gasteiger partial charge in [0.1, 0.15) is 6.67 Å². The van der Waals surface area contributed by atoms with E-state index >= 15 is 0 Å². The van der Waals surface area contributed by atoms with Crippen LogP contribution in [0.3, 0.4) is 0 Å². The molecule has 0 unspecified atom stereocenters. The Morgan fingerprint density at radius 3 is 2.12 bits per heavy atom. The van der Waals surface area contributed by atoms with E-state index in [0.717, 1.165) is 6.42 Å². The number of nitrogens with zero attached hydrogens (tertiary/aromatic N) is 2. The fourth-order valence-corrected chi connectivity index (χ4v) is 5.41. The minimum absolute atomic E-state index is 0.0313. The molecule has 4 aliphatic carbocycles. The molecule has 1 aromatic carbocycles. The quantitative estimate of drug-likeness (QED) is 0.607. The Hall–Kier alpha value is -2.14. The highest BCUT2D eigenvalue weighted by Crippen LogP contribution is 2.65. The van der Waals surface area contributed by atoms with Crippen molar-refractivity contribution in [3.8, 4) is 0 Å². The average molecular weight is 371 g/mol. The molecule has 1 heterocycles. The van der Waals surface area contributed by atoms with Gasteiger partial charge < -0.3 is 0 Å². The number of anilines is 1. The van der Waals surface area contributed by atoms with E-state index in [0.29, 0.717) is 22.5 Å². The Bertz CT molecular complexity index is 813. The van der Waals surface area contributed by atoms with E-state index in [1.807, 2.05) is 0 Å². The number of imide groups is 1. The molecular formula is C20H19ClN2O3. The second-order valence-electron chi connectivity index (χ2n) is 7.82. The summed E-state index contributed by atoms with van der Waals surface area (Å²) in [5, 5.41) is 0.568. The van der Waals surface area contributed by atoms with Crippen LogP contribution in [0.5, 0.6) is 0 Å². The van der Waals surface area contributed by atoms with E-state index in [-0.39, 0.29) is 48.1 Å².